The maximum absolute atomic E-state index is 13.5. The number of nitrogens with one attached hydrogen (secondary N) is 1. The number of halogens is 1. The van der Waals surface area contributed by atoms with Gasteiger partial charge in [-0.05, 0) is 55.2 Å². The Morgan fingerprint density at radius 2 is 1.67 bits per heavy atom. The molecule has 0 radical (unpaired) electrons. The van der Waals surface area contributed by atoms with Crippen molar-refractivity contribution >= 4 is 20.0 Å². The van der Waals surface area contributed by atoms with Crippen LogP contribution in [0.1, 0.15) is 24.8 Å². The molecular formula is C20H25FN2O5S2. The first-order valence-electron chi connectivity index (χ1n) is 9.66. The van der Waals surface area contributed by atoms with Gasteiger partial charge in [0.05, 0.1) is 12.0 Å². The Bertz CT molecular complexity index is 1080. The van der Waals surface area contributed by atoms with Crippen molar-refractivity contribution < 1.29 is 26.0 Å². The van der Waals surface area contributed by atoms with Crippen LogP contribution >= 0.6 is 0 Å². The highest BCUT2D eigenvalue weighted by Crippen LogP contribution is 2.24. The van der Waals surface area contributed by atoms with Gasteiger partial charge in [-0.3, -0.25) is 0 Å². The number of hydrogen-bond acceptors (Lipinski definition) is 5. The lowest BCUT2D eigenvalue weighted by atomic mass is 10.2. The van der Waals surface area contributed by atoms with Gasteiger partial charge >= 0.3 is 0 Å². The number of nitrogens with zero attached hydrogens (tertiary/aromatic N) is 1. The van der Waals surface area contributed by atoms with Crippen LogP contribution in [0.3, 0.4) is 0 Å². The maximum atomic E-state index is 13.5. The Labute approximate surface area is 177 Å². The number of methoxy groups -OCH3 is 1. The van der Waals surface area contributed by atoms with Crippen molar-refractivity contribution in [3.8, 4) is 5.75 Å². The topological polar surface area (TPSA) is 92.8 Å². The van der Waals surface area contributed by atoms with Crippen LogP contribution < -0.4 is 9.46 Å². The van der Waals surface area contributed by atoms with Crippen LogP contribution in [-0.2, 0) is 26.5 Å². The standard InChI is InChI=1S/C20H25FN2O5S2/c1-28-19-10-7-17(21)15-20(19)29(24,25)22-12-11-16-5-8-18(9-6-16)30(26,27)23-13-3-2-4-14-23/h5-10,15,22H,2-4,11-14H2,1H3. The number of ether oxygens (including phenoxy) is 1. The second-order valence-electron chi connectivity index (χ2n) is 7.05. The third-order valence-corrected chi connectivity index (χ3v) is 8.39. The predicted octanol–water partition coefficient (Wildman–Crippen LogP) is 2.53. The third-order valence-electron chi connectivity index (χ3n) is 5.00. The highest BCUT2D eigenvalue weighted by Gasteiger charge is 2.25. The number of rotatable bonds is 8. The Hall–Kier alpha value is -2.01. The van der Waals surface area contributed by atoms with Gasteiger partial charge in [0, 0.05) is 19.6 Å². The Balaban J connectivity index is 1.63. The van der Waals surface area contributed by atoms with Crippen molar-refractivity contribution in [2.75, 3.05) is 26.7 Å². The van der Waals surface area contributed by atoms with E-state index in [1.807, 2.05) is 0 Å². The molecule has 0 bridgehead atoms. The second-order valence-corrected chi connectivity index (χ2v) is 10.7. The van der Waals surface area contributed by atoms with Crippen LogP contribution in [0.2, 0.25) is 0 Å². The van der Waals surface area contributed by atoms with E-state index in [4.69, 9.17) is 4.74 Å². The molecule has 164 valence electrons. The van der Waals surface area contributed by atoms with Gasteiger partial charge in [-0.15, -0.1) is 0 Å². The highest BCUT2D eigenvalue weighted by molar-refractivity contribution is 7.89. The summed E-state index contributed by atoms with van der Waals surface area (Å²) in [4.78, 5) is -0.0359. The maximum Gasteiger partial charge on any atom is 0.244 e. The molecule has 2 aromatic rings. The van der Waals surface area contributed by atoms with Crippen LogP contribution in [0.25, 0.3) is 0 Å². The fourth-order valence-corrected chi connectivity index (χ4v) is 6.08. The molecule has 10 heteroatoms. The van der Waals surface area contributed by atoms with E-state index < -0.39 is 25.9 Å². The molecule has 1 aliphatic rings. The lowest BCUT2D eigenvalue weighted by Gasteiger charge is -2.25. The van der Waals surface area contributed by atoms with E-state index in [0.29, 0.717) is 19.5 Å². The van der Waals surface area contributed by atoms with E-state index in [0.717, 1.165) is 37.0 Å². The minimum Gasteiger partial charge on any atom is -0.495 e. The summed E-state index contributed by atoms with van der Waals surface area (Å²) >= 11 is 0. The second kappa shape index (κ2) is 9.42. The minimum absolute atomic E-state index is 0.0520. The van der Waals surface area contributed by atoms with Crippen LogP contribution in [0.4, 0.5) is 4.39 Å². The van der Waals surface area contributed by atoms with Gasteiger partial charge in [0.15, 0.2) is 0 Å². The zero-order valence-corrected chi connectivity index (χ0v) is 18.3. The molecule has 0 unspecified atom stereocenters. The molecular weight excluding hydrogens is 431 g/mol. The van der Waals surface area contributed by atoms with E-state index in [9.17, 15) is 21.2 Å². The normalized spacial score (nSPS) is 15.8. The van der Waals surface area contributed by atoms with Gasteiger partial charge in [-0.2, -0.15) is 4.31 Å². The summed E-state index contributed by atoms with van der Waals surface area (Å²) in [5, 5.41) is 0. The van der Waals surface area contributed by atoms with E-state index in [1.54, 1.807) is 24.3 Å². The van der Waals surface area contributed by atoms with Gasteiger partial charge < -0.3 is 4.74 Å². The van der Waals surface area contributed by atoms with Gasteiger partial charge in [0.1, 0.15) is 16.5 Å². The van der Waals surface area contributed by atoms with Crippen molar-refractivity contribution in [1.29, 1.82) is 0 Å². The number of hydrogen-bond donors (Lipinski definition) is 1. The average Bonchev–Trinajstić information content (AvgIpc) is 2.74. The zero-order valence-electron chi connectivity index (χ0n) is 16.7. The van der Waals surface area contributed by atoms with Crippen molar-refractivity contribution in [3.63, 3.8) is 0 Å². The van der Waals surface area contributed by atoms with E-state index >= 15 is 0 Å². The quantitative estimate of drug-likeness (QED) is 0.659. The minimum atomic E-state index is -3.96. The molecule has 0 saturated carbocycles. The summed E-state index contributed by atoms with van der Waals surface area (Å²) in [6.45, 7) is 1.14. The molecule has 0 aromatic heterocycles. The van der Waals surface area contributed by atoms with Crippen molar-refractivity contribution in [2.45, 2.75) is 35.5 Å². The fraction of sp³-hybridized carbons (Fsp3) is 0.400. The van der Waals surface area contributed by atoms with Gasteiger partial charge in [-0.25, -0.2) is 25.9 Å². The summed E-state index contributed by atoms with van der Waals surface area (Å²) < 4.78 is 72.7. The van der Waals surface area contributed by atoms with Crippen molar-refractivity contribution in [3.05, 3.63) is 53.8 Å². The van der Waals surface area contributed by atoms with Crippen LogP contribution in [0.15, 0.2) is 52.3 Å². The molecule has 0 aliphatic carbocycles. The Morgan fingerprint density at radius 3 is 2.30 bits per heavy atom. The SMILES string of the molecule is COc1ccc(F)cc1S(=O)(=O)NCCc1ccc(S(=O)(=O)N2CCCCC2)cc1. The molecule has 1 aliphatic heterocycles. The first kappa shape index (κ1) is 22.7. The lowest BCUT2D eigenvalue weighted by molar-refractivity contribution is 0.346. The van der Waals surface area contributed by atoms with E-state index in [2.05, 4.69) is 4.72 Å². The zero-order chi connectivity index (χ0) is 21.8. The van der Waals surface area contributed by atoms with E-state index in [1.165, 1.54) is 17.5 Å². The van der Waals surface area contributed by atoms with Gasteiger partial charge in [0.2, 0.25) is 20.0 Å². The molecule has 2 aromatic carbocycles. The lowest BCUT2D eigenvalue weighted by Crippen LogP contribution is -2.35. The molecule has 0 spiro atoms. The third kappa shape index (κ3) is 5.18. The molecule has 30 heavy (non-hydrogen) atoms. The van der Waals surface area contributed by atoms with E-state index in [-0.39, 0.29) is 22.1 Å². The van der Waals surface area contributed by atoms with Crippen LogP contribution in [-0.4, -0.2) is 47.9 Å². The summed E-state index contributed by atoms with van der Waals surface area (Å²) in [5.41, 5.74) is 0.779. The van der Waals surface area contributed by atoms with Gasteiger partial charge in [-0.1, -0.05) is 18.6 Å². The average molecular weight is 457 g/mol. The predicted molar refractivity (Wildman–Crippen MR) is 111 cm³/mol. The molecule has 1 saturated heterocycles. The van der Waals surface area contributed by atoms with Crippen LogP contribution in [0.5, 0.6) is 5.75 Å². The van der Waals surface area contributed by atoms with Crippen LogP contribution in [0, 0.1) is 5.82 Å². The first-order chi connectivity index (χ1) is 14.2. The number of sulfonamides is 2. The summed E-state index contributed by atoms with van der Waals surface area (Å²) in [5.74, 6) is -0.627. The molecule has 1 N–H and O–H groups in total. The molecule has 1 heterocycles. The smallest absolute Gasteiger partial charge is 0.244 e. The largest absolute Gasteiger partial charge is 0.495 e. The highest BCUT2D eigenvalue weighted by atomic mass is 32.2. The summed E-state index contributed by atoms with van der Waals surface area (Å²) in [6, 6.07) is 9.72. The van der Waals surface area contributed by atoms with Gasteiger partial charge in [0.25, 0.3) is 0 Å². The number of piperidine rings is 1. The summed E-state index contributed by atoms with van der Waals surface area (Å²) in [7, 11) is -6.15. The summed E-state index contributed by atoms with van der Waals surface area (Å²) in [6.07, 6.45) is 3.13. The monoisotopic (exact) mass is 456 g/mol. The molecule has 0 atom stereocenters. The van der Waals surface area contributed by atoms with Crippen molar-refractivity contribution in [2.24, 2.45) is 0 Å². The molecule has 0 amide bonds. The molecule has 3 rings (SSSR count). The Kier molecular flexibility index (Phi) is 7.12. The van der Waals surface area contributed by atoms with Crippen molar-refractivity contribution in [1.82, 2.24) is 9.03 Å². The first-order valence-corrected chi connectivity index (χ1v) is 12.6. The molecule has 7 nitrogen and oxygen atoms in total. The number of benzene rings is 2. The fourth-order valence-electron chi connectivity index (χ4n) is 3.35. The molecule has 1 fully saturated rings. The Morgan fingerprint density at radius 1 is 1.00 bits per heavy atom.